The largest absolute Gasteiger partial charge is 0.385 e. The molecular formula is C31H44N2O5. The average molecular weight is 525 g/mol. The Labute approximate surface area is 226 Å². The number of hydrogen-bond donors (Lipinski definition) is 2. The van der Waals surface area contributed by atoms with Crippen molar-refractivity contribution in [2.45, 2.75) is 84.2 Å². The van der Waals surface area contributed by atoms with Gasteiger partial charge in [0, 0.05) is 42.3 Å². The number of fused-ring (bicyclic) bond motifs is 1. The molecule has 0 aromatic carbocycles. The SMILES string of the molecule is C=CC(CCCCC)C1=C(C(=O)C2C(C)C=CC3(O)CC(C(=O)N4CCCCC4)CC(C)C23)C(=O)NC1=O. The van der Waals surface area contributed by atoms with Gasteiger partial charge in [-0.1, -0.05) is 58.3 Å². The van der Waals surface area contributed by atoms with E-state index in [4.69, 9.17) is 0 Å². The molecule has 1 saturated carbocycles. The van der Waals surface area contributed by atoms with E-state index in [9.17, 15) is 24.3 Å². The molecule has 7 heteroatoms. The van der Waals surface area contributed by atoms with Gasteiger partial charge in [0.05, 0.1) is 11.2 Å². The highest BCUT2D eigenvalue weighted by Gasteiger charge is 2.56. The Morgan fingerprint density at radius 1 is 1.18 bits per heavy atom. The molecule has 7 atom stereocenters. The van der Waals surface area contributed by atoms with Gasteiger partial charge in [0.2, 0.25) is 5.91 Å². The number of hydrogen-bond acceptors (Lipinski definition) is 5. The van der Waals surface area contributed by atoms with Crippen molar-refractivity contribution < 1.29 is 24.3 Å². The second-order valence-corrected chi connectivity index (χ2v) is 12.0. The van der Waals surface area contributed by atoms with E-state index in [0.717, 1.165) is 51.6 Å². The minimum atomic E-state index is -1.32. The Balaban J connectivity index is 1.64. The van der Waals surface area contributed by atoms with Gasteiger partial charge in [-0.2, -0.15) is 0 Å². The molecule has 2 aliphatic heterocycles. The molecule has 2 heterocycles. The Kier molecular flexibility index (Phi) is 8.75. The lowest BCUT2D eigenvalue weighted by Crippen LogP contribution is -2.57. The number of unbranched alkanes of at least 4 members (excludes halogenated alkanes) is 2. The summed E-state index contributed by atoms with van der Waals surface area (Å²) in [6.07, 6.45) is 12.8. The molecule has 7 unspecified atom stereocenters. The van der Waals surface area contributed by atoms with E-state index in [2.05, 4.69) is 18.8 Å². The molecule has 4 rings (SSSR count). The summed E-state index contributed by atoms with van der Waals surface area (Å²) in [6.45, 7) is 11.5. The zero-order chi connectivity index (χ0) is 27.6. The van der Waals surface area contributed by atoms with Crippen LogP contribution in [0.5, 0.6) is 0 Å². The van der Waals surface area contributed by atoms with Crippen LogP contribution in [0.4, 0.5) is 0 Å². The number of ketones is 1. The van der Waals surface area contributed by atoms with Crippen molar-refractivity contribution in [2.75, 3.05) is 13.1 Å². The summed E-state index contributed by atoms with van der Waals surface area (Å²) >= 11 is 0. The number of piperidine rings is 1. The third kappa shape index (κ3) is 5.31. The Bertz CT molecular complexity index is 1040. The van der Waals surface area contributed by atoms with E-state index in [0.29, 0.717) is 12.8 Å². The van der Waals surface area contributed by atoms with Crippen LogP contribution in [-0.4, -0.2) is 52.2 Å². The Morgan fingerprint density at radius 3 is 2.55 bits per heavy atom. The van der Waals surface area contributed by atoms with E-state index in [1.165, 1.54) is 0 Å². The average Bonchev–Trinajstić information content (AvgIpc) is 3.20. The van der Waals surface area contributed by atoms with Crippen LogP contribution in [0.25, 0.3) is 0 Å². The summed E-state index contributed by atoms with van der Waals surface area (Å²) < 4.78 is 0. The summed E-state index contributed by atoms with van der Waals surface area (Å²) in [4.78, 5) is 55.4. The molecule has 4 aliphatic rings. The number of allylic oxidation sites excluding steroid dienone is 2. The lowest BCUT2D eigenvalue weighted by Gasteiger charge is -2.52. The van der Waals surface area contributed by atoms with Gasteiger partial charge in [0.1, 0.15) is 0 Å². The Morgan fingerprint density at radius 2 is 1.89 bits per heavy atom. The first-order chi connectivity index (χ1) is 18.1. The molecule has 0 radical (unpaired) electrons. The smallest absolute Gasteiger partial charge is 0.262 e. The van der Waals surface area contributed by atoms with Gasteiger partial charge in [-0.25, -0.2) is 0 Å². The molecule has 208 valence electrons. The van der Waals surface area contributed by atoms with Gasteiger partial charge >= 0.3 is 0 Å². The summed E-state index contributed by atoms with van der Waals surface area (Å²) in [6, 6.07) is 0. The first-order valence-electron chi connectivity index (χ1n) is 14.6. The fraction of sp³-hybridized carbons (Fsp3) is 0.677. The number of Topliss-reactive ketones (excluding diaryl/α,β-unsaturated/α-hetero) is 1. The number of nitrogens with one attached hydrogen (secondary N) is 1. The summed E-state index contributed by atoms with van der Waals surface area (Å²) in [5.74, 6) is -3.55. The lowest BCUT2D eigenvalue weighted by molar-refractivity contribution is -0.151. The van der Waals surface area contributed by atoms with Crippen molar-refractivity contribution in [2.24, 2.45) is 35.5 Å². The highest BCUT2D eigenvalue weighted by atomic mass is 16.3. The van der Waals surface area contributed by atoms with Gasteiger partial charge in [0.15, 0.2) is 5.78 Å². The lowest BCUT2D eigenvalue weighted by atomic mass is 9.55. The summed E-state index contributed by atoms with van der Waals surface area (Å²) in [7, 11) is 0. The molecule has 7 nitrogen and oxygen atoms in total. The summed E-state index contributed by atoms with van der Waals surface area (Å²) in [5, 5.41) is 14.3. The predicted molar refractivity (Wildman–Crippen MR) is 146 cm³/mol. The number of aliphatic hydroxyl groups is 1. The zero-order valence-corrected chi connectivity index (χ0v) is 23.2. The highest BCUT2D eigenvalue weighted by molar-refractivity contribution is 6.33. The molecule has 0 spiro atoms. The number of likely N-dealkylation sites (tertiary alicyclic amines) is 1. The number of carbonyl (C=O) groups is 4. The second kappa shape index (κ2) is 11.7. The van der Waals surface area contributed by atoms with E-state index in [-0.39, 0.29) is 52.9 Å². The van der Waals surface area contributed by atoms with Crippen molar-refractivity contribution in [1.29, 1.82) is 0 Å². The van der Waals surface area contributed by atoms with E-state index in [1.807, 2.05) is 24.8 Å². The normalized spacial score (nSPS) is 34.1. The van der Waals surface area contributed by atoms with Gasteiger partial charge in [0.25, 0.3) is 11.8 Å². The van der Waals surface area contributed by atoms with Crippen molar-refractivity contribution >= 4 is 23.5 Å². The molecule has 0 aromatic rings. The van der Waals surface area contributed by atoms with Crippen molar-refractivity contribution in [1.82, 2.24) is 10.2 Å². The zero-order valence-electron chi connectivity index (χ0n) is 23.2. The van der Waals surface area contributed by atoms with Crippen LogP contribution >= 0.6 is 0 Å². The number of imide groups is 1. The van der Waals surface area contributed by atoms with Gasteiger partial charge < -0.3 is 10.0 Å². The number of rotatable bonds is 9. The van der Waals surface area contributed by atoms with Crippen molar-refractivity contribution in [3.8, 4) is 0 Å². The maximum atomic E-state index is 14.2. The monoisotopic (exact) mass is 524 g/mol. The van der Waals surface area contributed by atoms with Crippen LogP contribution in [0.15, 0.2) is 36.0 Å². The molecule has 38 heavy (non-hydrogen) atoms. The van der Waals surface area contributed by atoms with Crippen LogP contribution in [0.3, 0.4) is 0 Å². The molecule has 2 N–H and O–H groups in total. The van der Waals surface area contributed by atoms with E-state index >= 15 is 0 Å². The first-order valence-corrected chi connectivity index (χ1v) is 14.6. The standard InChI is InChI=1S/C31H44N2O5/c1-5-7-9-12-21(6-2)24-25(29(36)32-28(24)35)27(34)23-19(3)13-14-31(38)18-22(17-20(4)26(23)31)30(37)33-15-10-8-11-16-33/h6,13-14,19-23,26,38H,2,5,7-12,15-18H2,1,3-4H3,(H,32,35,36). The number of nitrogens with zero attached hydrogens (tertiary/aromatic N) is 1. The van der Waals surface area contributed by atoms with Gasteiger partial charge in [-0.15, -0.1) is 6.58 Å². The van der Waals surface area contributed by atoms with Crippen LogP contribution in [0.2, 0.25) is 0 Å². The van der Waals surface area contributed by atoms with Crippen molar-refractivity contribution in [3.63, 3.8) is 0 Å². The molecule has 3 amide bonds. The van der Waals surface area contributed by atoms with Crippen molar-refractivity contribution in [3.05, 3.63) is 36.0 Å². The van der Waals surface area contributed by atoms with Crippen LogP contribution in [0, 0.1) is 35.5 Å². The van der Waals surface area contributed by atoms with E-state index < -0.39 is 29.3 Å². The fourth-order valence-corrected chi connectivity index (χ4v) is 7.50. The molecule has 2 aliphatic carbocycles. The fourth-order valence-electron chi connectivity index (χ4n) is 7.50. The second-order valence-electron chi connectivity index (χ2n) is 12.0. The molecular weight excluding hydrogens is 480 g/mol. The third-order valence-corrected chi connectivity index (χ3v) is 9.37. The minimum Gasteiger partial charge on any atom is -0.385 e. The topological polar surface area (TPSA) is 104 Å². The quantitative estimate of drug-likeness (QED) is 0.204. The van der Waals surface area contributed by atoms with Crippen LogP contribution in [-0.2, 0) is 19.2 Å². The third-order valence-electron chi connectivity index (χ3n) is 9.37. The molecule has 0 bridgehead atoms. The first kappa shape index (κ1) is 28.5. The number of amides is 3. The van der Waals surface area contributed by atoms with Gasteiger partial charge in [-0.05, 0) is 50.4 Å². The molecule has 2 fully saturated rings. The molecule has 0 aromatic heterocycles. The minimum absolute atomic E-state index is 0.0652. The maximum Gasteiger partial charge on any atom is 0.262 e. The van der Waals surface area contributed by atoms with E-state index in [1.54, 1.807) is 12.2 Å². The van der Waals surface area contributed by atoms with Gasteiger partial charge in [-0.3, -0.25) is 24.5 Å². The Hall–Kier alpha value is -2.54. The predicted octanol–water partition coefficient (Wildman–Crippen LogP) is 4.12. The molecule has 1 saturated heterocycles. The summed E-state index contributed by atoms with van der Waals surface area (Å²) in [5.41, 5.74) is -1.16. The van der Waals surface area contributed by atoms with Crippen LogP contribution in [0.1, 0.15) is 78.6 Å². The highest BCUT2D eigenvalue weighted by Crippen LogP contribution is 2.51. The van der Waals surface area contributed by atoms with Crippen LogP contribution < -0.4 is 5.32 Å². The maximum absolute atomic E-state index is 14.2. The number of carbonyl (C=O) groups excluding carboxylic acids is 4.